The monoisotopic (exact) mass is 365 g/mol. The van der Waals surface area contributed by atoms with Crippen molar-refractivity contribution in [1.82, 2.24) is 0 Å². The van der Waals surface area contributed by atoms with Gasteiger partial charge in [0.25, 0.3) is 0 Å². The molecular formula is C22H23NO4. The number of hydrogen-bond donors (Lipinski definition) is 0. The second-order valence-corrected chi connectivity index (χ2v) is 8.70. The number of esters is 2. The first-order chi connectivity index (χ1) is 13.0. The topological polar surface area (TPSA) is 65.0 Å². The first-order valence-corrected chi connectivity index (χ1v) is 9.81. The smallest absolute Gasteiger partial charge is 0.363 e. The highest BCUT2D eigenvalue weighted by Crippen LogP contribution is 2.61. The zero-order valence-corrected chi connectivity index (χ0v) is 15.4. The fraction of sp³-hybridized carbons (Fsp3) is 0.500. The fourth-order valence-corrected chi connectivity index (χ4v) is 5.96. The summed E-state index contributed by atoms with van der Waals surface area (Å²) in [6, 6.07) is 7.02. The zero-order chi connectivity index (χ0) is 18.6. The van der Waals surface area contributed by atoms with Crippen LogP contribution in [-0.4, -0.2) is 17.8 Å². The lowest BCUT2D eigenvalue weighted by Gasteiger charge is -2.55. The molecule has 5 aliphatic rings. The van der Waals surface area contributed by atoms with Crippen LogP contribution in [0.5, 0.6) is 5.75 Å². The molecule has 4 saturated carbocycles. The second kappa shape index (κ2) is 6.04. The average molecular weight is 365 g/mol. The Hall–Kier alpha value is -2.43. The van der Waals surface area contributed by atoms with Gasteiger partial charge < -0.3 is 9.47 Å². The van der Waals surface area contributed by atoms with Crippen molar-refractivity contribution in [3.05, 3.63) is 35.5 Å². The van der Waals surface area contributed by atoms with E-state index in [1.165, 1.54) is 26.2 Å². The third-order valence-corrected chi connectivity index (χ3v) is 6.56. The van der Waals surface area contributed by atoms with Crippen LogP contribution >= 0.6 is 0 Å². The Bertz CT molecular complexity index is 830. The maximum absolute atomic E-state index is 12.4. The average Bonchev–Trinajstić information content (AvgIpc) is 2.97. The van der Waals surface area contributed by atoms with E-state index < -0.39 is 0 Å². The van der Waals surface area contributed by atoms with E-state index in [1.807, 2.05) is 0 Å². The first-order valence-electron chi connectivity index (χ1n) is 9.81. The highest BCUT2D eigenvalue weighted by Gasteiger charge is 2.55. The van der Waals surface area contributed by atoms with E-state index in [9.17, 15) is 9.59 Å². The van der Waals surface area contributed by atoms with Crippen molar-refractivity contribution in [2.75, 3.05) is 0 Å². The Morgan fingerprint density at radius 2 is 1.70 bits per heavy atom. The number of hydrogen-bond acceptors (Lipinski definition) is 5. The fourth-order valence-electron chi connectivity index (χ4n) is 5.96. The molecule has 0 aromatic heterocycles. The third kappa shape index (κ3) is 2.99. The molecule has 1 aromatic carbocycles. The quantitative estimate of drug-likeness (QED) is 0.459. The number of nitrogens with zero attached hydrogens (tertiary/aromatic N) is 1. The maximum atomic E-state index is 12.4. The molecule has 4 fully saturated rings. The van der Waals surface area contributed by atoms with Crippen molar-refractivity contribution in [3.8, 4) is 5.75 Å². The van der Waals surface area contributed by atoms with Crippen LogP contribution in [-0.2, 0) is 14.3 Å². The molecule has 5 nitrogen and oxygen atoms in total. The van der Waals surface area contributed by atoms with Crippen molar-refractivity contribution in [3.63, 3.8) is 0 Å². The van der Waals surface area contributed by atoms with Gasteiger partial charge in [-0.05, 0) is 80.1 Å². The predicted octanol–water partition coefficient (Wildman–Crippen LogP) is 4.12. The van der Waals surface area contributed by atoms with Gasteiger partial charge in [-0.25, -0.2) is 9.79 Å². The number of carbonyl (C=O) groups is 2. The summed E-state index contributed by atoms with van der Waals surface area (Å²) in [4.78, 5) is 28.1. The Morgan fingerprint density at radius 3 is 2.26 bits per heavy atom. The molecule has 1 aromatic rings. The molecule has 6 rings (SSSR count). The molecule has 1 heterocycles. The molecular weight excluding hydrogens is 342 g/mol. The lowest BCUT2D eigenvalue weighted by molar-refractivity contribution is -0.132. The minimum Gasteiger partial charge on any atom is -0.427 e. The highest BCUT2D eigenvalue weighted by molar-refractivity contribution is 6.09. The van der Waals surface area contributed by atoms with Crippen molar-refractivity contribution >= 4 is 23.9 Å². The summed E-state index contributed by atoms with van der Waals surface area (Å²) in [5.74, 6) is 2.76. The molecule has 1 aliphatic heterocycles. The molecule has 4 aliphatic carbocycles. The van der Waals surface area contributed by atoms with Crippen molar-refractivity contribution in [2.45, 2.75) is 45.4 Å². The van der Waals surface area contributed by atoms with Gasteiger partial charge in [0.05, 0.1) is 0 Å². The minimum atomic E-state index is -0.357. The third-order valence-electron chi connectivity index (χ3n) is 6.56. The number of carbonyl (C=O) groups excluding carboxylic acids is 2. The van der Waals surface area contributed by atoms with Gasteiger partial charge in [0.1, 0.15) is 5.75 Å². The standard InChI is InChI=1S/C22H23NO4/c1-13(24)26-18-4-2-14(3-5-18)9-19-20(25)27-21(23-19)22-10-15-6-16(11-22)8-17(7-15)12-22/h2-5,9,15-17H,6-8,10-12H2,1H3/b19-9-. The summed E-state index contributed by atoms with van der Waals surface area (Å²) in [5.41, 5.74) is 1.17. The Kier molecular flexibility index (Phi) is 3.74. The van der Waals surface area contributed by atoms with E-state index in [0.29, 0.717) is 17.3 Å². The van der Waals surface area contributed by atoms with E-state index in [2.05, 4.69) is 4.99 Å². The van der Waals surface area contributed by atoms with Gasteiger partial charge in [-0.2, -0.15) is 0 Å². The molecule has 140 valence electrons. The van der Waals surface area contributed by atoms with Crippen LogP contribution in [0.1, 0.15) is 51.0 Å². The van der Waals surface area contributed by atoms with Gasteiger partial charge in [-0.1, -0.05) is 12.1 Å². The van der Waals surface area contributed by atoms with Crippen LogP contribution in [0.2, 0.25) is 0 Å². The van der Waals surface area contributed by atoms with E-state index in [0.717, 1.165) is 42.6 Å². The summed E-state index contributed by atoms with van der Waals surface area (Å²) in [6.45, 7) is 1.37. The van der Waals surface area contributed by atoms with E-state index in [-0.39, 0.29) is 17.4 Å². The lowest BCUT2D eigenvalue weighted by atomic mass is 9.49. The van der Waals surface area contributed by atoms with Gasteiger partial charge in [0, 0.05) is 12.3 Å². The number of aliphatic imine (C=N–C) groups is 1. The lowest BCUT2D eigenvalue weighted by Crippen LogP contribution is -2.50. The van der Waals surface area contributed by atoms with Crippen LogP contribution in [0, 0.1) is 23.2 Å². The van der Waals surface area contributed by atoms with Crippen LogP contribution in [0.3, 0.4) is 0 Å². The van der Waals surface area contributed by atoms with Crippen LogP contribution in [0.15, 0.2) is 35.0 Å². The molecule has 0 spiro atoms. The summed E-state index contributed by atoms with van der Waals surface area (Å²) < 4.78 is 10.7. The van der Waals surface area contributed by atoms with Gasteiger partial charge in [-0.15, -0.1) is 0 Å². The summed E-state index contributed by atoms with van der Waals surface area (Å²) in [6.07, 6.45) is 9.14. The largest absolute Gasteiger partial charge is 0.427 e. The number of ether oxygens (including phenoxy) is 2. The minimum absolute atomic E-state index is 0.0147. The molecule has 0 amide bonds. The van der Waals surface area contributed by atoms with Gasteiger partial charge in [0.2, 0.25) is 5.90 Å². The molecule has 0 saturated heterocycles. The molecule has 0 N–H and O–H groups in total. The number of cyclic esters (lactones) is 1. The Balaban J connectivity index is 1.40. The molecule has 5 heteroatoms. The molecule has 0 unspecified atom stereocenters. The van der Waals surface area contributed by atoms with Crippen molar-refractivity contribution in [1.29, 1.82) is 0 Å². The van der Waals surface area contributed by atoms with E-state index in [1.54, 1.807) is 30.3 Å². The van der Waals surface area contributed by atoms with Crippen LogP contribution in [0.4, 0.5) is 0 Å². The van der Waals surface area contributed by atoms with Crippen LogP contribution in [0.25, 0.3) is 6.08 Å². The van der Waals surface area contributed by atoms with Gasteiger partial charge >= 0.3 is 11.9 Å². The number of rotatable bonds is 3. The molecule has 27 heavy (non-hydrogen) atoms. The zero-order valence-electron chi connectivity index (χ0n) is 15.4. The normalized spacial score (nSPS) is 35.3. The number of benzene rings is 1. The Labute approximate surface area is 158 Å². The van der Waals surface area contributed by atoms with Gasteiger partial charge in [0.15, 0.2) is 5.70 Å². The Morgan fingerprint density at radius 1 is 1.11 bits per heavy atom. The van der Waals surface area contributed by atoms with E-state index >= 15 is 0 Å². The second-order valence-electron chi connectivity index (χ2n) is 8.70. The molecule has 0 atom stereocenters. The predicted molar refractivity (Wildman–Crippen MR) is 99.9 cm³/mol. The molecule has 4 bridgehead atoms. The van der Waals surface area contributed by atoms with Crippen molar-refractivity contribution < 1.29 is 19.1 Å². The first kappa shape index (κ1) is 16.7. The van der Waals surface area contributed by atoms with Crippen LogP contribution < -0.4 is 4.74 Å². The van der Waals surface area contributed by atoms with Gasteiger partial charge in [-0.3, -0.25) is 4.79 Å². The van der Waals surface area contributed by atoms with Crippen molar-refractivity contribution in [2.24, 2.45) is 28.2 Å². The summed E-state index contributed by atoms with van der Waals surface area (Å²) in [5, 5.41) is 0. The van der Waals surface area contributed by atoms with E-state index in [4.69, 9.17) is 9.47 Å². The summed E-state index contributed by atoms with van der Waals surface area (Å²) in [7, 11) is 0. The highest BCUT2D eigenvalue weighted by atomic mass is 16.6. The maximum Gasteiger partial charge on any atom is 0.363 e. The molecule has 0 radical (unpaired) electrons. The SMILES string of the molecule is CC(=O)Oc1ccc(/C=C2\N=C(C34CC5CC(CC(C5)C3)C4)OC2=O)cc1. The summed E-state index contributed by atoms with van der Waals surface area (Å²) >= 11 is 0.